The van der Waals surface area contributed by atoms with Gasteiger partial charge in [0.2, 0.25) is 10.0 Å². The van der Waals surface area contributed by atoms with E-state index >= 15 is 0 Å². The van der Waals surface area contributed by atoms with Crippen molar-refractivity contribution < 1.29 is 45.0 Å². The molecule has 0 atom stereocenters. The highest BCUT2D eigenvalue weighted by Gasteiger charge is 2.30. The number of ether oxygens (including phenoxy) is 1. The van der Waals surface area contributed by atoms with E-state index in [2.05, 4.69) is 20.1 Å². The molecule has 0 bridgehead atoms. The predicted molar refractivity (Wildman–Crippen MR) is 136 cm³/mol. The fourth-order valence-corrected chi connectivity index (χ4v) is 5.06. The summed E-state index contributed by atoms with van der Waals surface area (Å²) in [5, 5.41) is 15.4. The smallest absolute Gasteiger partial charge is 0.404 e. The van der Waals surface area contributed by atoms with E-state index in [4.69, 9.17) is 4.74 Å². The molecule has 2 aromatic heterocycles. The number of hydrogen-bond acceptors (Lipinski definition) is 7. The number of rotatable bonds is 8. The molecule has 0 saturated heterocycles. The zero-order valence-electron chi connectivity index (χ0n) is 21.3. The Morgan fingerprint density at radius 1 is 1.10 bits per heavy atom. The molecule has 0 spiro atoms. The zero-order valence-corrected chi connectivity index (χ0v) is 22.1. The Morgan fingerprint density at radius 2 is 1.78 bits per heavy atom. The van der Waals surface area contributed by atoms with Crippen LogP contribution in [0.4, 0.5) is 32.4 Å². The van der Waals surface area contributed by atoms with E-state index in [1.54, 1.807) is 0 Å². The molecule has 4 aromatic rings. The maximum atomic E-state index is 13.8. The van der Waals surface area contributed by atoms with Crippen molar-refractivity contribution in [1.82, 2.24) is 19.3 Å². The number of fused-ring (bicyclic) bond motifs is 1. The molecular formula is C25H22F5N5O5S. The van der Waals surface area contributed by atoms with Gasteiger partial charge in [-0.25, -0.2) is 36.2 Å². The first-order valence-electron chi connectivity index (χ1n) is 11.7. The van der Waals surface area contributed by atoms with Gasteiger partial charge < -0.3 is 9.84 Å². The highest BCUT2D eigenvalue weighted by molar-refractivity contribution is 7.89. The molecule has 1 amide bonds. The lowest BCUT2D eigenvalue weighted by atomic mass is 10.1. The van der Waals surface area contributed by atoms with E-state index in [0.29, 0.717) is 0 Å². The van der Waals surface area contributed by atoms with Crippen molar-refractivity contribution in [2.24, 2.45) is 0 Å². The van der Waals surface area contributed by atoms with Crippen LogP contribution in [0.1, 0.15) is 31.5 Å². The molecule has 0 radical (unpaired) electrons. The lowest BCUT2D eigenvalue weighted by Gasteiger charge is -2.23. The minimum Gasteiger partial charge on any atom is -0.404 e. The van der Waals surface area contributed by atoms with Crippen LogP contribution in [-0.2, 0) is 16.2 Å². The van der Waals surface area contributed by atoms with Crippen LogP contribution in [0.2, 0.25) is 0 Å². The number of aliphatic hydroxyl groups is 1. The van der Waals surface area contributed by atoms with E-state index in [1.165, 1.54) is 32.0 Å². The molecule has 218 valence electrons. The molecule has 0 aliphatic rings. The third kappa shape index (κ3) is 6.78. The summed E-state index contributed by atoms with van der Waals surface area (Å²) in [7, 11) is -4.08. The summed E-state index contributed by atoms with van der Waals surface area (Å²) in [5.41, 5.74) is -3.10. The Balaban J connectivity index is 1.61. The number of carbonyl (C=O) groups is 1. The summed E-state index contributed by atoms with van der Waals surface area (Å²) in [6, 6.07) is 9.74. The summed E-state index contributed by atoms with van der Waals surface area (Å²) in [6.07, 6.45) is -7.85. The molecule has 0 fully saturated rings. The first-order chi connectivity index (χ1) is 19.1. The van der Waals surface area contributed by atoms with E-state index in [9.17, 15) is 40.3 Å². The number of nitrogens with one attached hydrogen (secondary N) is 2. The van der Waals surface area contributed by atoms with Gasteiger partial charge in [-0.15, -0.1) is 0 Å². The molecule has 4 rings (SSSR count). The fraction of sp³-hybridized carbons (Fsp3) is 0.240. The number of carbonyl (C=O) groups excluding carboxylic acids is 1. The lowest BCUT2D eigenvalue weighted by Crippen LogP contribution is -2.46. The maximum Gasteiger partial charge on any atom is 0.417 e. The average Bonchev–Trinajstić information content (AvgIpc) is 3.29. The van der Waals surface area contributed by atoms with Crippen LogP contribution in [0.15, 0.2) is 65.7 Å². The standard InChI is InChI=1S/C25H22F5N5O5S/c1-24(2,13-36)34-41(38,39)17-5-3-4-16(10-17)32-23(37)40-20-12-31-35-19(21(26)27)11-18(33-22(20)35)14-6-8-15(9-7-14)25(28,29)30/h3-12,21,34,36H,13H2,1-2H3,(H,32,37). The number of aliphatic hydroxyl groups excluding tert-OH is 1. The highest BCUT2D eigenvalue weighted by Crippen LogP contribution is 2.33. The van der Waals surface area contributed by atoms with E-state index in [1.807, 2.05) is 0 Å². The number of alkyl halides is 5. The summed E-state index contributed by atoms with van der Waals surface area (Å²) < 4.78 is 99.9. The first-order valence-corrected chi connectivity index (χ1v) is 13.2. The Morgan fingerprint density at radius 3 is 2.39 bits per heavy atom. The van der Waals surface area contributed by atoms with Crippen molar-refractivity contribution in [2.45, 2.75) is 36.9 Å². The van der Waals surface area contributed by atoms with Crippen LogP contribution in [0.25, 0.3) is 16.9 Å². The molecule has 2 aromatic carbocycles. The number of amides is 1. The summed E-state index contributed by atoms with van der Waals surface area (Å²) in [5.74, 6) is -0.353. The number of aromatic nitrogens is 3. The van der Waals surface area contributed by atoms with Crippen molar-refractivity contribution in [1.29, 1.82) is 0 Å². The third-order valence-electron chi connectivity index (χ3n) is 5.60. The molecule has 0 aliphatic heterocycles. The van der Waals surface area contributed by atoms with Gasteiger partial charge in [0.25, 0.3) is 6.43 Å². The molecule has 0 unspecified atom stereocenters. The van der Waals surface area contributed by atoms with Crippen LogP contribution in [0, 0.1) is 0 Å². The number of hydrogen-bond donors (Lipinski definition) is 3. The second-order valence-electron chi connectivity index (χ2n) is 9.38. The van der Waals surface area contributed by atoms with Crippen molar-refractivity contribution in [3.05, 3.63) is 72.1 Å². The second-order valence-corrected chi connectivity index (χ2v) is 11.1. The second kappa shape index (κ2) is 11.0. The molecule has 2 heterocycles. The van der Waals surface area contributed by atoms with Crippen LogP contribution in [0.5, 0.6) is 5.75 Å². The normalized spacial score (nSPS) is 12.6. The molecule has 10 nitrogen and oxygen atoms in total. The van der Waals surface area contributed by atoms with Gasteiger partial charge in [-0.3, -0.25) is 5.32 Å². The van der Waals surface area contributed by atoms with Crippen LogP contribution in [0.3, 0.4) is 0 Å². The first kappa shape index (κ1) is 29.8. The largest absolute Gasteiger partial charge is 0.417 e. The number of benzene rings is 2. The topological polar surface area (TPSA) is 135 Å². The van der Waals surface area contributed by atoms with Crippen molar-refractivity contribution in [3.8, 4) is 17.0 Å². The SMILES string of the molecule is CC(C)(CO)NS(=O)(=O)c1cccc(NC(=O)Oc2cnn3c(C(F)F)cc(-c4ccc(C(F)(F)F)cc4)nc23)c1. The molecule has 0 saturated carbocycles. The van der Waals surface area contributed by atoms with Gasteiger partial charge in [0.1, 0.15) is 5.69 Å². The van der Waals surface area contributed by atoms with Crippen LogP contribution in [-0.4, -0.2) is 46.4 Å². The number of sulfonamides is 1. The van der Waals surface area contributed by atoms with Gasteiger partial charge >= 0.3 is 12.3 Å². The lowest BCUT2D eigenvalue weighted by molar-refractivity contribution is -0.137. The molecule has 3 N–H and O–H groups in total. The minimum atomic E-state index is -4.60. The third-order valence-corrected chi connectivity index (χ3v) is 7.29. The Bertz CT molecular complexity index is 1690. The van der Waals surface area contributed by atoms with Gasteiger partial charge in [-0.1, -0.05) is 18.2 Å². The highest BCUT2D eigenvalue weighted by atomic mass is 32.2. The van der Waals surface area contributed by atoms with Crippen molar-refractivity contribution in [3.63, 3.8) is 0 Å². The number of anilines is 1. The van der Waals surface area contributed by atoms with Gasteiger partial charge in [-0.2, -0.15) is 18.3 Å². The monoisotopic (exact) mass is 599 g/mol. The molecule has 0 aliphatic carbocycles. The Hall–Kier alpha value is -4.15. The van der Waals surface area contributed by atoms with Gasteiger partial charge in [0.05, 0.1) is 34.5 Å². The van der Waals surface area contributed by atoms with E-state index in [0.717, 1.165) is 47.1 Å². The Kier molecular flexibility index (Phi) is 8.02. The predicted octanol–water partition coefficient (Wildman–Crippen LogP) is 5.01. The van der Waals surface area contributed by atoms with E-state index in [-0.39, 0.29) is 33.2 Å². The summed E-state index contributed by atoms with van der Waals surface area (Å²) in [4.78, 5) is 16.6. The zero-order chi connectivity index (χ0) is 30.2. The van der Waals surface area contributed by atoms with Crippen LogP contribution >= 0.6 is 0 Å². The van der Waals surface area contributed by atoms with Gasteiger partial charge in [0.15, 0.2) is 11.4 Å². The summed E-state index contributed by atoms with van der Waals surface area (Å²) in [6.45, 7) is 2.46. The maximum absolute atomic E-state index is 13.8. The average molecular weight is 600 g/mol. The quantitative estimate of drug-likeness (QED) is 0.242. The molecular weight excluding hydrogens is 577 g/mol. The van der Waals surface area contributed by atoms with Gasteiger partial charge in [-0.05, 0) is 50.2 Å². The van der Waals surface area contributed by atoms with Crippen LogP contribution < -0.4 is 14.8 Å². The minimum absolute atomic E-state index is 0.00262. The van der Waals surface area contributed by atoms with Crippen molar-refractivity contribution >= 4 is 27.5 Å². The van der Waals surface area contributed by atoms with Crippen molar-refractivity contribution in [2.75, 3.05) is 11.9 Å². The molecule has 41 heavy (non-hydrogen) atoms. The number of halogens is 5. The molecule has 16 heteroatoms. The summed E-state index contributed by atoms with van der Waals surface area (Å²) >= 11 is 0. The number of nitrogens with zero attached hydrogens (tertiary/aromatic N) is 3. The van der Waals surface area contributed by atoms with Gasteiger partial charge in [0, 0.05) is 11.3 Å². The Labute approximate surface area is 229 Å². The van der Waals surface area contributed by atoms with E-state index < -0.39 is 52.1 Å². The fourth-order valence-electron chi connectivity index (χ4n) is 3.61.